The van der Waals surface area contributed by atoms with Gasteiger partial charge in [0.1, 0.15) is 0 Å². The molecule has 0 unspecified atom stereocenters. The minimum atomic E-state index is -0.434. The molecular formula is C23H23N3O3. The monoisotopic (exact) mass is 389 g/mol. The second kappa shape index (κ2) is 9.01. The number of urea groups is 1. The lowest BCUT2D eigenvalue weighted by Crippen LogP contribution is -2.33. The van der Waals surface area contributed by atoms with Crippen LogP contribution in [0.25, 0.3) is 0 Å². The molecule has 3 rings (SSSR count). The highest BCUT2D eigenvalue weighted by molar-refractivity contribution is 5.90. The number of nitrogens with zero attached hydrogens (tertiary/aromatic N) is 2. The Hall–Kier alpha value is -3.67. The summed E-state index contributed by atoms with van der Waals surface area (Å²) >= 11 is 0. The summed E-state index contributed by atoms with van der Waals surface area (Å²) < 4.78 is 0. The molecule has 148 valence electrons. The molecule has 0 radical (unpaired) electrons. The summed E-state index contributed by atoms with van der Waals surface area (Å²) in [5.41, 5.74) is 3.64. The molecule has 3 aromatic carbocycles. The van der Waals surface area contributed by atoms with Crippen molar-refractivity contribution in [2.24, 2.45) is 0 Å². The fourth-order valence-electron chi connectivity index (χ4n) is 3.11. The highest BCUT2D eigenvalue weighted by Gasteiger charge is 2.20. The molecule has 0 aliphatic carbocycles. The van der Waals surface area contributed by atoms with Crippen LogP contribution in [0.5, 0.6) is 0 Å². The summed E-state index contributed by atoms with van der Waals surface area (Å²) in [6.45, 7) is 1.84. The Morgan fingerprint density at radius 3 is 2.45 bits per heavy atom. The summed E-state index contributed by atoms with van der Waals surface area (Å²) in [6.07, 6.45) is 0.710. The smallest absolute Gasteiger partial charge is 0.321 e. The Morgan fingerprint density at radius 2 is 1.72 bits per heavy atom. The van der Waals surface area contributed by atoms with Gasteiger partial charge >= 0.3 is 6.03 Å². The molecule has 29 heavy (non-hydrogen) atoms. The van der Waals surface area contributed by atoms with Gasteiger partial charge in [-0.2, -0.15) is 0 Å². The van der Waals surface area contributed by atoms with Crippen LogP contribution in [0.4, 0.5) is 16.2 Å². The van der Waals surface area contributed by atoms with Gasteiger partial charge in [0.05, 0.1) is 11.0 Å². The minimum absolute atomic E-state index is 0.0105. The Labute approximate surface area is 169 Å². The van der Waals surface area contributed by atoms with Gasteiger partial charge in [-0.05, 0) is 36.1 Å². The van der Waals surface area contributed by atoms with E-state index in [1.807, 2.05) is 49.4 Å². The topological polar surface area (TPSA) is 75.5 Å². The van der Waals surface area contributed by atoms with Gasteiger partial charge in [0.25, 0.3) is 5.69 Å². The third-order valence-electron chi connectivity index (χ3n) is 4.96. The number of rotatable bonds is 6. The number of carbonyl (C=O) groups excluding carboxylic acids is 1. The van der Waals surface area contributed by atoms with Crippen LogP contribution in [0.3, 0.4) is 0 Å². The van der Waals surface area contributed by atoms with Crippen LogP contribution in [0.2, 0.25) is 0 Å². The number of hydrogen-bond donors (Lipinski definition) is 1. The Kier molecular flexibility index (Phi) is 6.24. The first kappa shape index (κ1) is 20.1. The van der Waals surface area contributed by atoms with Gasteiger partial charge in [-0.1, -0.05) is 60.7 Å². The molecule has 0 saturated heterocycles. The molecule has 1 atom stereocenters. The second-order valence-electron chi connectivity index (χ2n) is 6.89. The number of benzene rings is 3. The molecule has 6 heteroatoms. The van der Waals surface area contributed by atoms with Gasteiger partial charge < -0.3 is 10.2 Å². The van der Waals surface area contributed by atoms with E-state index >= 15 is 0 Å². The predicted octanol–water partition coefficient (Wildman–Crippen LogP) is 5.41. The highest BCUT2D eigenvalue weighted by Crippen LogP contribution is 2.25. The first-order chi connectivity index (χ1) is 14.0. The van der Waals surface area contributed by atoms with Crippen LogP contribution in [0.1, 0.15) is 29.7 Å². The molecular weight excluding hydrogens is 366 g/mol. The van der Waals surface area contributed by atoms with Gasteiger partial charge in [0.15, 0.2) is 0 Å². The van der Waals surface area contributed by atoms with Crippen LogP contribution < -0.4 is 5.32 Å². The highest BCUT2D eigenvalue weighted by atomic mass is 16.6. The summed E-state index contributed by atoms with van der Waals surface area (Å²) in [7, 11) is 1.68. The molecule has 0 fully saturated rings. The third kappa shape index (κ3) is 4.99. The summed E-state index contributed by atoms with van der Waals surface area (Å²) in [5, 5.41) is 14.0. The zero-order valence-corrected chi connectivity index (χ0v) is 16.4. The van der Waals surface area contributed by atoms with E-state index in [1.54, 1.807) is 24.1 Å². The Balaban J connectivity index is 1.74. The molecule has 0 aliphatic heterocycles. The lowest BCUT2D eigenvalue weighted by Gasteiger charge is -2.26. The standard InChI is InChI=1S/C23H23N3O3/c1-17(19-12-8-13-21(16-19)26(28)29)25(2)23(27)24-22-14-7-6-11-20(22)15-18-9-4-3-5-10-18/h3-14,16-17H,15H2,1-2H3,(H,24,27)/t17-/m1/s1. The third-order valence-corrected chi connectivity index (χ3v) is 4.96. The van der Waals surface area contributed by atoms with E-state index in [0.717, 1.165) is 16.8 Å². The first-order valence-corrected chi connectivity index (χ1v) is 9.35. The van der Waals surface area contributed by atoms with Crippen LogP contribution in [-0.4, -0.2) is 22.9 Å². The van der Waals surface area contributed by atoms with Crippen LogP contribution in [0, 0.1) is 10.1 Å². The largest absolute Gasteiger partial charge is 0.322 e. The maximum atomic E-state index is 12.8. The molecule has 0 spiro atoms. The zero-order chi connectivity index (χ0) is 20.8. The van der Waals surface area contributed by atoms with Crippen LogP contribution >= 0.6 is 0 Å². The molecule has 0 heterocycles. The minimum Gasteiger partial charge on any atom is -0.321 e. The van der Waals surface area contributed by atoms with E-state index in [9.17, 15) is 14.9 Å². The lowest BCUT2D eigenvalue weighted by atomic mass is 10.0. The number of nitrogens with one attached hydrogen (secondary N) is 1. The van der Waals surface area contributed by atoms with Gasteiger partial charge in [-0.25, -0.2) is 4.79 Å². The second-order valence-corrected chi connectivity index (χ2v) is 6.89. The molecule has 0 saturated carbocycles. The number of amides is 2. The average molecular weight is 389 g/mol. The number of nitro groups is 1. The first-order valence-electron chi connectivity index (χ1n) is 9.35. The van der Waals surface area contributed by atoms with Crippen molar-refractivity contribution in [1.82, 2.24) is 4.90 Å². The van der Waals surface area contributed by atoms with E-state index in [0.29, 0.717) is 12.0 Å². The number of hydrogen-bond acceptors (Lipinski definition) is 3. The SMILES string of the molecule is C[C@H](c1cccc([N+](=O)[O-])c1)N(C)C(=O)Nc1ccccc1Cc1ccccc1. The number of para-hydroxylation sites is 1. The van der Waals surface area contributed by atoms with Gasteiger partial charge in [0, 0.05) is 24.9 Å². The lowest BCUT2D eigenvalue weighted by molar-refractivity contribution is -0.384. The van der Waals surface area contributed by atoms with Crippen LogP contribution in [0.15, 0.2) is 78.9 Å². The fraction of sp³-hybridized carbons (Fsp3) is 0.174. The van der Waals surface area contributed by atoms with Crippen LogP contribution in [-0.2, 0) is 6.42 Å². The van der Waals surface area contributed by atoms with Crippen molar-refractivity contribution in [1.29, 1.82) is 0 Å². The van der Waals surface area contributed by atoms with Crippen molar-refractivity contribution >= 4 is 17.4 Å². The summed E-state index contributed by atoms with van der Waals surface area (Å²) in [6, 6.07) is 23.5. The predicted molar refractivity (Wildman–Crippen MR) is 114 cm³/mol. The van der Waals surface area contributed by atoms with Crippen molar-refractivity contribution in [2.75, 3.05) is 12.4 Å². The van der Waals surface area contributed by atoms with E-state index in [1.165, 1.54) is 12.1 Å². The number of nitro benzene ring substituents is 1. The molecule has 0 aromatic heterocycles. The molecule has 0 bridgehead atoms. The van der Waals surface area contributed by atoms with Crippen molar-refractivity contribution in [3.05, 3.63) is 106 Å². The van der Waals surface area contributed by atoms with Gasteiger partial charge in [-0.15, -0.1) is 0 Å². The van der Waals surface area contributed by atoms with Crippen molar-refractivity contribution < 1.29 is 9.72 Å². The van der Waals surface area contributed by atoms with E-state index in [2.05, 4.69) is 17.4 Å². The maximum absolute atomic E-state index is 12.8. The van der Waals surface area contributed by atoms with E-state index in [4.69, 9.17) is 0 Å². The average Bonchev–Trinajstić information content (AvgIpc) is 2.74. The molecule has 2 amide bonds. The summed E-state index contributed by atoms with van der Waals surface area (Å²) in [4.78, 5) is 25.0. The molecule has 3 aromatic rings. The number of carbonyl (C=O) groups is 1. The molecule has 1 N–H and O–H groups in total. The van der Waals surface area contributed by atoms with Crippen molar-refractivity contribution in [3.8, 4) is 0 Å². The maximum Gasteiger partial charge on any atom is 0.322 e. The van der Waals surface area contributed by atoms with Crippen molar-refractivity contribution in [2.45, 2.75) is 19.4 Å². The molecule has 6 nitrogen and oxygen atoms in total. The van der Waals surface area contributed by atoms with E-state index < -0.39 is 4.92 Å². The fourth-order valence-corrected chi connectivity index (χ4v) is 3.11. The van der Waals surface area contributed by atoms with Gasteiger partial charge in [-0.3, -0.25) is 10.1 Å². The number of anilines is 1. The van der Waals surface area contributed by atoms with E-state index in [-0.39, 0.29) is 17.8 Å². The molecule has 0 aliphatic rings. The summed E-state index contributed by atoms with van der Waals surface area (Å²) in [5.74, 6) is 0. The quantitative estimate of drug-likeness (QED) is 0.452. The normalized spacial score (nSPS) is 11.5. The van der Waals surface area contributed by atoms with Crippen molar-refractivity contribution in [3.63, 3.8) is 0 Å². The Bertz CT molecular complexity index is 1010. The number of non-ortho nitro benzene ring substituents is 1. The van der Waals surface area contributed by atoms with Gasteiger partial charge in [0.2, 0.25) is 0 Å². The zero-order valence-electron chi connectivity index (χ0n) is 16.4. The Morgan fingerprint density at radius 1 is 1.03 bits per heavy atom.